The van der Waals surface area contributed by atoms with Crippen molar-refractivity contribution in [2.45, 2.75) is 15.8 Å². The molecule has 2 aromatic heterocycles. The van der Waals surface area contributed by atoms with Crippen molar-refractivity contribution in [3.05, 3.63) is 109 Å². The Morgan fingerprint density at radius 1 is 1.00 bits per heavy atom. The Labute approximate surface area is 212 Å². The normalized spacial score (nSPS) is 11.6. The van der Waals surface area contributed by atoms with Gasteiger partial charge in [-0.15, -0.1) is 0 Å². The number of nitro benzene ring substituents is 1. The zero-order chi connectivity index (χ0) is 26.2. The molecule has 0 aliphatic rings. The summed E-state index contributed by atoms with van der Waals surface area (Å²) in [6.07, 6.45) is 0. The molecule has 0 aliphatic heterocycles. The number of benzene rings is 3. The summed E-state index contributed by atoms with van der Waals surface area (Å²) >= 11 is 1.20. The molecule has 0 aliphatic carbocycles. The molecule has 0 saturated carbocycles. The minimum atomic E-state index is -4.55. The van der Waals surface area contributed by atoms with Crippen molar-refractivity contribution in [2.24, 2.45) is 0 Å². The number of nitrogens with one attached hydrogen (secondary N) is 1. The molecule has 0 bridgehead atoms. The maximum atomic E-state index is 12.7. The van der Waals surface area contributed by atoms with E-state index in [4.69, 9.17) is 8.60 Å². The van der Waals surface area contributed by atoms with Crippen LogP contribution in [-0.4, -0.2) is 23.3 Å². The Morgan fingerprint density at radius 3 is 2.57 bits per heavy atom. The highest BCUT2D eigenvalue weighted by atomic mass is 32.2. The van der Waals surface area contributed by atoms with Crippen LogP contribution in [0.15, 0.2) is 96.9 Å². The van der Waals surface area contributed by atoms with Crippen molar-refractivity contribution >= 4 is 49.4 Å². The highest BCUT2D eigenvalue weighted by Crippen LogP contribution is 2.30. The fourth-order valence-electron chi connectivity index (χ4n) is 3.65. The van der Waals surface area contributed by atoms with Gasteiger partial charge in [0.1, 0.15) is 11.3 Å². The lowest BCUT2D eigenvalue weighted by atomic mass is 10.1. The molecule has 0 unspecified atom stereocenters. The number of thioether (sulfide) groups is 1. The van der Waals surface area contributed by atoms with Gasteiger partial charge in [0.15, 0.2) is 10.1 Å². The van der Waals surface area contributed by atoms with Crippen molar-refractivity contribution in [1.82, 2.24) is 9.97 Å². The Kier molecular flexibility index (Phi) is 6.23. The van der Waals surface area contributed by atoms with Gasteiger partial charge in [-0.1, -0.05) is 36.0 Å². The van der Waals surface area contributed by atoms with Gasteiger partial charge in [-0.05, 0) is 35.9 Å². The van der Waals surface area contributed by atoms with E-state index in [9.17, 15) is 28.1 Å². The molecule has 13 heteroatoms. The first-order valence-electron chi connectivity index (χ1n) is 10.6. The molecule has 5 aromatic rings. The monoisotopic (exact) mass is 537 g/mol. The molecule has 0 spiro atoms. The van der Waals surface area contributed by atoms with Crippen LogP contribution in [0.5, 0.6) is 5.75 Å². The largest absolute Gasteiger partial charge is 0.423 e. The van der Waals surface area contributed by atoms with E-state index < -0.39 is 31.2 Å². The third kappa shape index (κ3) is 4.94. The van der Waals surface area contributed by atoms with E-state index in [1.165, 1.54) is 48.2 Å². The molecular weight excluding hydrogens is 522 g/mol. The van der Waals surface area contributed by atoms with Crippen LogP contribution in [0.2, 0.25) is 0 Å². The molecule has 0 atom stereocenters. The Morgan fingerprint density at radius 2 is 1.76 bits per heavy atom. The van der Waals surface area contributed by atoms with Crippen LogP contribution in [0, 0.1) is 10.1 Å². The predicted molar refractivity (Wildman–Crippen MR) is 135 cm³/mol. The first kappa shape index (κ1) is 24.2. The average molecular weight is 538 g/mol. The van der Waals surface area contributed by atoms with Crippen molar-refractivity contribution in [2.75, 3.05) is 0 Å². The number of H-pyrrole nitrogens is 1. The van der Waals surface area contributed by atoms with Gasteiger partial charge in [-0.3, -0.25) is 14.9 Å². The van der Waals surface area contributed by atoms with Gasteiger partial charge in [0.2, 0.25) is 0 Å². The standard InChI is InChI=1S/C24H15N3O8S2/c28-22-11-14(13-36-24-25-18-6-2-1-5-17(18)23(29)26-24)16-10-9-15(12-20(16)34-22)35-37(32,33)21-8-4-3-7-19(21)27(30)31/h1-12H,13H2,(H,25,26,29). The lowest BCUT2D eigenvalue weighted by Crippen LogP contribution is -2.12. The minimum Gasteiger partial charge on any atom is -0.423 e. The third-order valence-electron chi connectivity index (χ3n) is 5.29. The molecule has 37 heavy (non-hydrogen) atoms. The Hall–Kier alpha value is -4.49. The maximum Gasteiger partial charge on any atom is 0.346 e. The van der Waals surface area contributed by atoms with E-state index >= 15 is 0 Å². The van der Waals surface area contributed by atoms with E-state index in [1.54, 1.807) is 24.3 Å². The van der Waals surface area contributed by atoms with E-state index in [0.29, 0.717) is 27.0 Å². The smallest absolute Gasteiger partial charge is 0.346 e. The van der Waals surface area contributed by atoms with Crippen LogP contribution in [-0.2, 0) is 15.9 Å². The number of fused-ring (bicyclic) bond motifs is 2. The zero-order valence-corrected chi connectivity index (χ0v) is 20.2. The summed E-state index contributed by atoms with van der Waals surface area (Å²) in [5, 5.41) is 12.6. The fourth-order valence-corrected chi connectivity index (χ4v) is 5.60. The Bertz CT molecular complexity index is 1920. The van der Waals surface area contributed by atoms with Gasteiger partial charge in [0, 0.05) is 29.3 Å². The molecule has 1 N–H and O–H groups in total. The highest BCUT2D eigenvalue weighted by molar-refractivity contribution is 7.98. The second kappa shape index (κ2) is 9.52. The number of aromatic nitrogens is 2. The molecule has 0 radical (unpaired) electrons. The van der Waals surface area contributed by atoms with E-state index in [0.717, 1.165) is 12.1 Å². The molecule has 186 valence electrons. The van der Waals surface area contributed by atoms with Crippen molar-refractivity contribution < 1.29 is 21.9 Å². The van der Waals surface area contributed by atoms with Crippen LogP contribution in [0.25, 0.3) is 21.9 Å². The zero-order valence-electron chi connectivity index (χ0n) is 18.6. The summed E-state index contributed by atoms with van der Waals surface area (Å²) in [5.41, 5.74) is -0.449. The quantitative estimate of drug-likeness (QED) is 0.0802. The topological polar surface area (TPSA) is 162 Å². The van der Waals surface area contributed by atoms with Crippen LogP contribution >= 0.6 is 11.8 Å². The molecule has 5 rings (SSSR count). The SMILES string of the molecule is O=c1cc(CSc2nc3ccccc3c(=O)[nH]2)c2ccc(OS(=O)(=O)c3ccccc3[N+](=O)[O-])cc2o1. The average Bonchev–Trinajstić information content (AvgIpc) is 2.87. The van der Waals surface area contributed by atoms with Crippen molar-refractivity contribution in [3.63, 3.8) is 0 Å². The Balaban J connectivity index is 1.45. The van der Waals surface area contributed by atoms with Crippen molar-refractivity contribution in [3.8, 4) is 5.75 Å². The molecular formula is C24H15N3O8S2. The van der Waals surface area contributed by atoms with Crippen LogP contribution in [0.4, 0.5) is 5.69 Å². The fraction of sp³-hybridized carbons (Fsp3) is 0.0417. The van der Waals surface area contributed by atoms with E-state index in [-0.39, 0.29) is 22.6 Å². The van der Waals surface area contributed by atoms with Gasteiger partial charge < -0.3 is 13.6 Å². The summed E-state index contributed by atoms with van der Waals surface area (Å²) in [5.74, 6) is 0.0529. The van der Waals surface area contributed by atoms with Gasteiger partial charge in [0.25, 0.3) is 11.2 Å². The number of hydrogen-bond acceptors (Lipinski definition) is 10. The van der Waals surface area contributed by atoms with E-state index in [2.05, 4.69) is 9.97 Å². The van der Waals surface area contributed by atoms with Crippen LogP contribution < -0.4 is 15.4 Å². The van der Waals surface area contributed by atoms with Gasteiger partial charge in [-0.2, -0.15) is 8.42 Å². The van der Waals surface area contributed by atoms with Crippen molar-refractivity contribution in [1.29, 1.82) is 0 Å². The predicted octanol–water partition coefficient (Wildman–Crippen LogP) is 4.00. The second-order valence-corrected chi connectivity index (χ2v) is 10.2. The maximum absolute atomic E-state index is 12.7. The molecule has 0 fully saturated rings. The summed E-state index contributed by atoms with van der Waals surface area (Å²) in [4.78, 5) is 41.4. The number of rotatable bonds is 7. The van der Waals surface area contributed by atoms with Gasteiger partial charge in [-0.25, -0.2) is 9.78 Å². The van der Waals surface area contributed by atoms with Crippen LogP contribution in [0.3, 0.4) is 0 Å². The van der Waals surface area contributed by atoms with Gasteiger partial charge >= 0.3 is 15.7 Å². The third-order valence-corrected chi connectivity index (χ3v) is 7.51. The molecule has 2 heterocycles. The van der Waals surface area contributed by atoms with Crippen LogP contribution in [0.1, 0.15) is 5.56 Å². The lowest BCUT2D eigenvalue weighted by molar-refractivity contribution is -0.387. The van der Waals surface area contributed by atoms with Gasteiger partial charge in [0.05, 0.1) is 15.8 Å². The number of aromatic amines is 1. The second-order valence-electron chi connectivity index (χ2n) is 7.69. The molecule has 3 aromatic carbocycles. The summed E-state index contributed by atoms with van der Waals surface area (Å²) in [7, 11) is -4.55. The minimum absolute atomic E-state index is 0.0540. The summed E-state index contributed by atoms with van der Waals surface area (Å²) < 4.78 is 35.8. The highest BCUT2D eigenvalue weighted by Gasteiger charge is 2.27. The summed E-state index contributed by atoms with van der Waals surface area (Å²) in [6.45, 7) is 0. The number of nitrogens with zero attached hydrogens (tertiary/aromatic N) is 2. The number of nitro groups is 1. The van der Waals surface area contributed by atoms with E-state index in [1.807, 2.05) is 0 Å². The lowest BCUT2D eigenvalue weighted by Gasteiger charge is -2.09. The molecule has 11 nitrogen and oxygen atoms in total. The molecule has 0 saturated heterocycles. The summed E-state index contributed by atoms with van der Waals surface area (Å²) in [6, 6.07) is 17.1. The first-order valence-corrected chi connectivity index (χ1v) is 13.0. The first-order chi connectivity index (χ1) is 17.7. The number of para-hydroxylation sites is 2. The number of hydrogen-bond donors (Lipinski definition) is 1. The molecule has 0 amide bonds.